The first-order chi connectivity index (χ1) is 14.3. The second kappa shape index (κ2) is 9.60. The molecule has 0 aliphatic heterocycles. The van der Waals surface area contributed by atoms with Crippen molar-refractivity contribution in [2.75, 3.05) is 0 Å². The van der Waals surface area contributed by atoms with Crippen LogP contribution in [0.3, 0.4) is 0 Å². The van der Waals surface area contributed by atoms with E-state index in [1.54, 1.807) is 0 Å². The van der Waals surface area contributed by atoms with Crippen molar-refractivity contribution in [1.29, 1.82) is 0 Å². The molecule has 2 aromatic rings. The Morgan fingerprint density at radius 3 is 2.48 bits per heavy atom. The van der Waals surface area contributed by atoms with E-state index in [1.807, 2.05) is 0 Å². The van der Waals surface area contributed by atoms with Crippen LogP contribution in [0.2, 0.25) is 0 Å². The standard InChI is InChI=1S/C18H24N3O9P/c1-10-16(24)13(12(7-19-10)9-30-31(27,28)29)8-20-21-18(2,17(25)26)6-11-3-4-14(22)15(23)5-11/h3-5,7,20-24H,6,8-9H2,1-2H3,(H,25,26)(H2,27,28,29)/t18-/m0/s1. The Hall–Kier alpha value is -2.73. The van der Waals surface area contributed by atoms with Crippen molar-refractivity contribution in [3.05, 3.63) is 46.8 Å². The molecule has 0 saturated heterocycles. The van der Waals surface area contributed by atoms with Gasteiger partial charge in [-0.2, -0.15) is 0 Å². The molecule has 0 aliphatic rings. The number of carboxylic acid groups (broad SMARTS) is 1. The van der Waals surface area contributed by atoms with Crippen molar-refractivity contribution < 1.29 is 44.1 Å². The largest absolute Gasteiger partial charge is 0.506 e. The van der Waals surface area contributed by atoms with E-state index in [0.717, 1.165) is 0 Å². The number of aromatic nitrogens is 1. The number of aliphatic carboxylic acids is 1. The first-order valence-corrected chi connectivity index (χ1v) is 10.5. The SMILES string of the molecule is Cc1ncc(COP(=O)(O)O)c(CNN[C@@](C)(Cc2ccc(O)c(O)c2)C(=O)O)c1O. The van der Waals surface area contributed by atoms with Gasteiger partial charge in [0.1, 0.15) is 11.3 Å². The molecule has 8 N–H and O–H groups in total. The van der Waals surface area contributed by atoms with Crippen LogP contribution < -0.4 is 10.9 Å². The summed E-state index contributed by atoms with van der Waals surface area (Å²) in [5, 5.41) is 39.0. The van der Waals surface area contributed by atoms with Gasteiger partial charge in [0, 0.05) is 30.3 Å². The second-order valence-electron chi connectivity index (χ2n) is 7.08. The molecule has 12 nitrogen and oxygen atoms in total. The van der Waals surface area contributed by atoms with E-state index in [2.05, 4.69) is 20.4 Å². The van der Waals surface area contributed by atoms with Crippen molar-refractivity contribution >= 4 is 13.8 Å². The van der Waals surface area contributed by atoms with Crippen LogP contribution in [0.1, 0.15) is 29.3 Å². The van der Waals surface area contributed by atoms with Crippen molar-refractivity contribution in [3.63, 3.8) is 0 Å². The molecular weight excluding hydrogens is 433 g/mol. The molecule has 0 bridgehead atoms. The summed E-state index contributed by atoms with van der Waals surface area (Å²) < 4.78 is 15.4. The van der Waals surface area contributed by atoms with Gasteiger partial charge in [0.05, 0.1) is 12.3 Å². The Labute approximate surface area is 177 Å². The molecule has 1 atom stereocenters. The summed E-state index contributed by atoms with van der Waals surface area (Å²) in [7, 11) is -4.75. The third kappa shape index (κ3) is 6.62. The topological polar surface area (TPSA) is 202 Å². The first-order valence-electron chi connectivity index (χ1n) is 8.93. The highest BCUT2D eigenvalue weighted by Gasteiger charge is 2.33. The first kappa shape index (κ1) is 24.5. The summed E-state index contributed by atoms with van der Waals surface area (Å²) in [5.41, 5.74) is 4.90. The Morgan fingerprint density at radius 1 is 1.23 bits per heavy atom. The average Bonchev–Trinajstić information content (AvgIpc) is 2.66. The van der Waals surface area contributed by atoms with Crippen molar-refractivity contribution in [2.24, 2.45) is 0 Å². The summed E-state index contributed by atoms with van der Waals surface area (Å²) in [4.78, 5) is 33.6. The molecule has 0 unspecified atom stereocenters. The molecule has 13 heteroatoms. The molecular formula is C18H24N3O9P. The Kier molecular flexibility index (Phi) is 7.60. The molecule has 31 heavy (non-hydrogen) atoms. The summed E-state index contributed by atoms with van der Waals surface area (Å²) in [6.45, 7) is 2.27. The van der Waals surface area contributed by atoms with Crippen LogP contribution in [0.25, 0.3) is 0 Å². The highest BCUT2D eigenvalue weighted by Crippen LogP contribution is 2.38. The fourth-order valence-electron chi connectivity index (χ4n) is 2.75. The quantitative estimate of drug-likeness (QED) is 0.142. The number of rotatable bonds is 10. The molecule has 0 spiro atoms. The van der Waals surface area contributed by atoms with E-state index < -0.39 is 25.9 Å². The van der Waals surface area contributed by atoms with Gasteiger partial charge in [-0.15, -0.1) is 0 Å². The number of carboxylic acids is 1. The van der Waals surface area contributed by atoms with Crippen LogP contribution in [-0.4, -0.2) is 46.7 Å². The molecule has 0 aliphatic carbocycles. The van der Waals surface area contributed by atoms with Crippen LogP contribution in [0.4, 0.5) is 0 Å². The van der Waals surface area contributed by atoms with Crippen molar-refractivity contribution in [1.82, 2.24) is 15.8 Å². The molecule has 1 aromatic heterocycles. The number of hydrogen-bond acceptors (Lipinski definition) is 9. The molecule has 0 radical (unpaired) electrons. The van der Waals surface area contributed by atoms with Crippen molar-refractivity contribution in [2.45, 2.75) is 39.0 Å². The maximum atomic E-state index is 11.8. The highest BCUT2D eigenvalue weighted by molar-refractivity contribution is 7.46. The van der Waals surface area contributed by atoms with Gasteiger partial charge in [0.2, 0.25) is 0 Å². The summed E-state index contributed by atoms with van der Waals surface area (Å²) in [6, 6.07) is 3.95. The number of hydrogen-bond donors (Lipinski definition) is 8. The number of aromatic hydroxyl groups is 3. The molecule has 170 valence electrons. The maximum Gasteiger partial charge on any atom is 0.469 e. The Morgan fingerprint density at radius 2 is 1.90 bits per heavy atom. The zero-order valence-electron chi connectivity index (χ0n) is 16.7. The minimum atomic E-state index is -4.75. The third-order valence-electron chi connectivity index (χ3n) is 4.52. The van der Waals surface area contributed by atoms with Gasteiger partial charge in [0.15, 0.2) is 11.5 Å². The third-order valence-corrected chi connectivity index (χ3v) is 4.98. The molecule has 0 amide bonds. The van der Waals surface area contributed by atoms with E-state index in [9.17, 15) is 29.8 Å². The lowest BCUT2D eigenvalue weighted by Crippen LogP contribution is -2.56. The zero-order chi connectivity index (χ0) is 23.4. The fourth-order valence-corrected chi connectivity index (χ4v) is 3.05. The highest BCUT2D eigenvalue weighted by atomic mass is 31.2. The number of phosphoric ester groups is 1. The number of carbonyl (C=O) groups is 1. The smallest absolute Gasteiger partial charge is 0.469 e. The molecule has 1 heterocycles. The number of pyridine rings is 1. The zero-order valence-corrected chi connectivity index (χ0v) is 17.6. The van der Waals surface area contributed by atoms with Gasteiger partial charge >= 0.3 is 13.8 Å². The predicted molar refractivity (Wildman–Crippen MR) is 107 cm³/mol. The number of aryl methyl sites for hydroxylation is 1. The number of nitrogens with one attached hydrogen (secondary N) is 2. The van der Waals surface area contributed by atoms with Crippen LogP contribution in [0, 0.1) is 6.92 Å². The van der Waals surface area contributed by atoms with Gasteiger partial charge in [-0.25, -0.2) is 9.99 Å². The predicted octanol–water partition coefficient (Wildman–Crippen LogP) is 0.796. The van der Waals surface area contributed by atoms with Gasteiger partial charge in [-0.05, 0) is 31.5 Å². The molecule has 2 rings (SSSR count). The monoisotopic (exact) mass is 457 g/mol. The van der Waals surface area contributed by atoms with Crippen LogP contribution in [0.15, 0.2) is 24.4 Å². The second-order valence-corrected chi connectivity index (χ2v) is 8.32. The average molecular weight is 457 g/mol. The number of hydrazine groups is 1. The number of phenolic OH excluding ortho intramolecular Hbond substituents is 2. The number of phenols is 2. The van der Waals surface area contributed by atoms with Gasteiger partial charge in [-0.1, -0.05) is 6.07 Å². The van der Waals surface area contributed by atoms with Gasteiger partial charge < -0.3 is 30.2 Å². The number of nitrogens with zero attached hydrogens (tertiary/aromatic N) is 1. The molecule has 0 saturated carbocycles. The van der Waals surface area contributed by atoms with E-state index in [0.29, 0.717) is 5.56 Å². The van der Waals surface area contributed by atoms with Gasteiger partial charge in [0.25, 0.3) is 0 Å². The normalized spacial score (nSPS) is 13.7. The maximum absolute atomic E-state index is 11.8. The number of benzene rings is 1. The number of phosphoric acid groups is 1. The Balaban J connectivity index is 2.16. The van der Waals surface area contributed by atoms with Crippen molar-refractivity contribution in [3.8, 4) is 17.2 Å². The summed E-state index contributed by atoms with van der Waals surface area (Å²) in [5.74, 6) is -2.17. The van der Waals surface area contributed by atoms with E-state index in [4.69, 9.17) is 9.79 Å². The minimum absolute atomic E-state index is 0.0707. The van der Waals surface area contributed by atoms with Crippen LogP contribution in [-0.2, 0) is 33.5 Å². The van der Waals surface area contributed by atoms with E-state index in [1.165, 1.54) is 38.2 Å². The van der Waals surface area contributed by atoms with Crippen LogP contribution >= 0.6 is 7.82 Å². The molecule has 1 aromatic carbocycles. The lowest BCUT2D eigenvalue weighted by Gasteiger charge is -2.27. The van der Waals surface area contributed by atoms with Gasteiger partial charge in [-0.3, -0.25) is 19.7 Å². The fraction of sp³-hybridized carbons (Fsp3) is 0.333. The minimum Gasteiger partial charge on any atom is -0.506 e. The lowest BCUT2D eigenvalue weighted by atomic mass is 9.93. The summed E-state index contributed by atoms with van der Waals surface area (Å²) >= 11 is 0. The lowest BCUT2D eigenvalue weighted by molar-refractivity contribution is -0.144. The Bertz CT molecular complexity index is 1010. The molecule has 0 fully saturated rings. The van der Waals surface area contributed by atoms with Crippen LogP contribution in [0.5, 0.6) is 17.2 Å². The van der Waals surface area contributed by atoms with E-state index >= 15 is 0 Å². The van der Waals surface area contributed by atoms with E-state index in [-0.39, 0.29) is 47.0 Å². The summed E-state index contributed by atoms with van der Waals surface area (Å²) in [6.07, 6.45) is 1.22.